The molecule has 0 unspecified atom stereocenters. The predicted octanol–water partition coefficient (Wildman–Crippen LogP) is 1.70. The third-order valence-electron chi connectivity index (χ3n) is 3.61. The van der Waals surface area contributed by atoms with Gasteiger partial charge in [-0.3, -0.25) is 4.79 Å². The van der Waals surface area contributed by atoms with Crippen molar-refractivity contribution in [3.63, 3.8) is 0 Å². The summed E-state index contributed by atoms with van der Waals surface area (Å²) in [5.74, 6) is -0.830. The highest BCUT2D eigenvalue weighted by Crippen LogP contribution is 2.21. The Bertz CT molecular complexity index is 456. The zero-order valence-corrected chi connectivity index (χ0v) is 14.8. The summed E-state index contributed by atoms with van der Waals surface area (Å²) in [7, 11) is 1.31. The Kier molecular flexibility index (Phi) is 6.41. The fourth-order valence-electron chi connectivity index (χ4n) is 2.54. The van der Waals surface area contributed by atoms with E-state index in [1.165, 1.54) is 12.0 Å². The van der Waals surface area contributed by atoms with E-state index in [4.69, 9.17) is 9.47 Å². The van der Waals surface area contributed by atoms with E-state index in [0.29, 0.717) is 13.0 Å². The first-order valence-electron chi connectivity index (χ1n) is 7.94. The summed E-state index contributed by atoms with van der Waals surface area (Å²) >= 11 is 0. The number of carbonyl (C=O) groups excluding carboxylic acids is 3. The Morgan fingerprint density at radius 3 is 2.30 bits per heavy atom. The molecule has 132 valence electrons. The van der Waals surface area contributed by atoms with Crippen molar-refractivity contribution in [3.05, 3.63) is 0 Å². The van der Waals surface area contributed by atoms with Crippen LogP contribution in [0.5, 0.6) is 0 Å². The standard InChI is InChI=1S/C16H28N2O5/c1-10(2)12(17-15(21)23-16(3,4)5)13(19)18-9-7-8-11(18)14(20)22-6/h10-12H,7-9H2,1-6H3,(H,17,21)/t11-,12-/m0/s1. The van der Waals surface area contributed by atoms with E-state index in [-0.39, 0.29) is 11.8 Å². The van der Waals surface area contributed by atoms with Crippen molar-refractivity contribution >= 4 is 18.0 Å². The van der Waals surface area contributed by atoms with Crippen molar-refractivity contribution in [3.8, 4) is 0 Å². The lowest BCUT2D eigenvalue weighted by atomic mass is 10.0. The van der Waals surface area contributed by atoms with Gasteiger partial charge in [0, 0.05) is 6.54 Å². The summed E-state index contributed by atoms with van der Waals surface area (Å²) in [5.41, 5.74) is -0.642. The highest BCUT2D eigenvalue weighted by Gasteiger charge is 2.39. The first-order valence-corrected chi connectivity index (χ1v) is 7.94. The fraction of sp³-hybridized carbons (Fsp3) is 0.812. The van der Waals surface area contributed by atoms with Crippen molar-refractivity contribution in [2.24, 2.45) is 5.92 Å². The number of hydrogen-bond acceptors (Lipinski definition) is 5. The molecule has 1 aliphatic rings. The number of amides is 2. The first kappa shape index (κ1) is 19.3. The molecule has 1 N–H and O–H groups in total. The second-order valence-corrected chi connectivity index (χ2v) is 7.08. The molecule has 0 radical (unpaired) electrons. The molecule has 0 spiro atoms. The Hall–Kier alpha value is -1.79. The number of esters is 1. The number of methoxy groups -OCH3 is 1. The summed E-state index contributed by atoms with van der Waals surface area (Å²) in [6, 6.07) is -1.32. The van der Waals surface area contributed by atoms with E-state index in [9.17, 15) is 14.4 Å². The quantitative estimate of drug-likeness (QED) is 0.794. The summed E-state index contributed by atoms with van der Waals surface area (Å²) < 4.78 is 9.97. The van der Waals surface area contributed by atoms with Crippen LogP contribution in [-0.4, -0.2) is 54.2 Å². The molecule has 1 rings (SSSR count). The van der Waals surface area contributed by atoms with Crippen LogP contribution < -0.4 is 5.32 Å². The van der Waals surface area contributed by atoms with Gasteiger partial charge in [0.05, 0.1) is 7.11 Å². The molecule has 2 atom stereocenters. The molecule has 1 aliphatic heterocycles. The third-order valence-corrected chi connectivity index (χ3v) is 3.61. The van der Waals surface area contributed by atoms with Gasteiger partial charge in [-0.2, -0.15) is 0 Å². The van der Waals surface area contributed by atoms with E-state index in [1.54, 1.807) is 20.8 Å². The number of nitrogens with zero attached hydrogens (tertiary/aromatic N) is 1. The van der Waals surface area contributed by atoms with Crippen LogP contribution in [0.15, 0.2) is 0 Å². The number of likely N-dealkylation sites (tertiary alicyclic amines) is 1. The smallest absolute Gasteiger partial charge is 0.408 e. The predicted molar refractivity (Wildman–Crippen MR) is 84.7 cm³/mol. The van der Waals surface area contributed by atoms with Crippen molar-refractivity contribution in [2.75, 3.05) is 13.7 Å². The van der Waals surface area contributed by atoms with Gasteiger partial charge < -0.3 is 19.7 Å². The number of carbonyl (C=O) groups is 3. The molecule has 23 heavy (non-hydrogen) atoms. The average molecular weight is 328 g/mol. The van der Waals surface area contributed by atoms with Crippen LogP contribution in [0.4, 0.5) is 4.79 Å². The summed E-state index contributed by atoms with van der Waals surface area (Å²) in [5, 5.41) is 2.62. The maximum atomic E-state index is 12.8. The third kappa shape index (κ3) is 5.41. The van der Waals surface area contributed by atoms with E-state index >= 15 is 0 Å². The SMILES string of the molecule is COC(=O)[C@@H]1CCCN1C(=O)[C@@H](NC(=O)OC(C)(C)C)C(C)C. The molecule has 0 aliphatic carbocycles. The molecule has 1 fully saturated rings. The van der Waals surface area contributed by atoms with Gasteiger partial charge in [-0.05, 0) is 39.5 Å². The lowest BCUT2D eigenvalue weighted by Gasteiger charge is -2.30. The molecule has 7 heteroatoms. The topological polar surface area (TPSA) is 84.9 Å². The van der Waals surface area contributed by atoms with E-state index in [0.717, 1.165) is 6.42 Å². The van der Waals surface area contributed by atoms with Crippen molar-refractivity contribution in [1.29, 1.82) is 0 Å². The molecular weight excluding hydrogens is 300 g/mol. The Labute approximate surface area is 137 Å². The monoisotopic (exact) mass is 328 g/mol. The van der Waals surface area contributed by atoms with Gasteiger partial charge >= 0.3 is 12.1 Å². The molecule has 0 aromatic heterocycles. The Morgan fingerprint density at radius 2 is 1.83 bits per heavy atom. The molecule has 0 saturated carbocycles. The Morgan fingerprint density at radius 1 is 1.22 bits per heavy atom. The van der Waals surface area contributed by atoms with Crippen LogP contribution in [0.3, 0.4) is 0 Å². The summed E-state index contributed by atoms with van der Waals surface area (Å²) in [4.78, 5) is 38.0. The van der Waals surface area contributed by atoms with Gasteiger partial charge in [0.2, 0.25) is 5.91 Å². The van der Waals surface area contributed by atoms with E-state index < -0.39 is 29.7 Å². The fourth-order valence-corrected chi connectivity index (χ4v) is 2.54. The maximum absolute atomic E-state index is 12.8. The van der Waals surface area contributed by atoms with Crippen LogP contribution in [0.25, 0.3) is 0 Å². The molecule has 2 amide bonds. The van der Waals surface area contributed by atoms with Gasteiger partial charge in [0.25, 0.3) is 0 Å². The number of rotatable bonds is 4. The largest absolute Gasteiger partial charge is 0.467 e. The normalized spacial score (nSPS) is 19.4. The minimum atomic E-state index is -0.741. The summed E-state index contributed by atoms with van der Waals surface area (Å²) in [6.07, 6.45) is 0.677. The molecule has 0 aromatic carbocycles. The Balaban J connectivity index is 2.82. The lowest BCUT2D eigenvalue weighted by molar-refractivity contribution is -0.152. The van der Waals surface area contributed by atoms with Crippen molar-refractivity contribution < 1.29 is 23.9 Å². The molecule has 0 aromatic rings. The number of hydrogen-bond donors (Lipinski definition) is 1. The van der Waals surface area contributed by atoms with Crippen molar-refractivity contribution in [2.45, 2.75) is 65.1 Å². The first-order chi connectivity index (χ1) is 10.6. The van der Waals surface area contributed by atoms with Crippen LogP contribution >= 0.6 is 0 Å². The number of alkyl carbamates (subject to hydrolysis) is 1. The zero-order chi connectivity index (χ0) is 17.8. The highest BCUT2D eigenvalue weighted by atomic mass is 16.6. The van der Waals surface area contributed by atoms with Crippen LogP contribution in [-0.2, 0) is 19.1 Å². The number of nitrogens with one attached hydrogen (secondary N) is 1. The minimum Gasteiger partial charge on any atom is -0.467 e. The van der Waals surface area contributed by atoms with Crippen LogP contribution in [0, 0.1) is 5.92 Å². The van der Waals surface area contributed by atoms with Gasteiger partial charge in [-0.15, -0.1) is 0 Å². The van der Waals surface area contributed by atoms with Gasteiger partial charge in [-0.25, -0.2) is 9.59 Å². The molecule has 7 nitrogen and oxygen atoms in total. The average Bonchev–Trinajstić information content (AvgIpc) is 2.90. The summed E-state index contributed by atoms with van der Waals surface area (Å²) in [6.45, 7) is 9.43. The number of ether oxygens (including phenoxy) is 2. The van der Waals surface area contributed by atoms with Crippen LogP contribution in [0.2, 0.25) is 0 Å². The minimum absolute atomic E-state index is 0.131. The van der Waals surface area contributed by atoms with E-state index in [2.05, 4.69) is 5.32 Å². The molecule has 1 heterocycles. The molecule has 1 saturated heterocycles. The van der Waals surface area contributed by atoms with Gasteiger partial charge in [0.15, 0.2) is 0 Å². The van der Waals surface area contributed by atoms with Crippen LogP contribution in [0.1, 0.15) is 47.5 Å². The van der Waals surface area contributed by atoms with Gasteiger partial charge in [-0.1, -0.05) is 13.8 Å². The second kappa shape index (κ2) is 7.66. The maximum Gasteiger partial charge on any atom is 0.408 e. The lowest BCUT2D eigenvalue weighted by Crippen LogP contribution is -2.54. The molecular formula is C16H28N2O5. The van der Waals surface area contributed by atoms with Crippen molar-refractivity contribution in [1.82, 2.24) is 10.2 Å². The van der Waals surface area contributed by atoms with Gasteiger partial charge in [0.1, 0.15) is 17.7 Å². The highest BCUT2D eigenvalue weighted by molar-refractivity contribution is 5.90. The van der Waals surface area contributed by atoms with E-state index in [1.807, 2.05) is 13.8 Å². The second-order valence-electron chi connectivity index (χ2n) is 7.08. The zero-order valence-electron chi connectivity index (χ0n) is 14.8. The molecule has 0 bridgehead atoms.